The van der Waals surface area contributed by atoms with E-state index in [0.29, 0.717) is 12.5 Å². The van der Waals surface area contributed by atoms with Gasteiger partial charge in [-0.1, -0.05) is 6.92 Å². The number of hydrogen-bond acceptors (Lipinski definition) is 4. The van der Waals surface area contributed by atoms with Crippen molar-refractivity contribution in [1.29, 1.82) is 0 Å². The molecule has 1 atom stereocenters. The van der Waals surface area contributed by atoms with E-state index in [1.54, 1.807) is 17.0 Å². The van der Waals surface area contributed by atoms with Crippen molar-refractivity contribution in [2.24, 2.45) is 5.92 Å². The molecule has 0 bridgehead atoms. The molecule has 2 rings (SSSR count). The standard InChI is InChI=1S/C13H19N3O3/c1-2-6-16-7-5-14-12(13(16)19)15-10(8-11(17)18)9-3-4-9/h5,7,9-10H,2-4,6,8H2,1H3,(H,14,15)(H,17,18). The van der Waals surface area contributed by atoms with Gasteiger partial charge in [0.25, 0.3) is 5.56 Å². The highest BCUT2D eigenvalue weighted by Gasteiger charge is 2.33. The Morgan fingerprint density at radius 1 is 1.63 bits per heavy atom. The molecule has 2 N–H and O–H groups in total. The van der Waals surface area contributed by atoms with Crippen LogP contribution in [0.5, 0.6) is 0 Å². The number of nitrogens with one attached hydrogen (secondary N) is 1. The Kier molecular flexibility index (Phi) is 4.19. The van der Waals surface area contributed by atoms with E-state index in [0.717, 1.165) is 19.3 Å². The molecular weight excluding hydrogens is 246 g/mol. The fraction of sp³-hybridized carbons (Fsp3) is 0.615. The van der Waals surface area contributed by atoms with Gasteiger partial charge in [0.1, 0.15) is 0 Å². The Hall–Kier alpha value is -1.85. The number of anilines is 1. The lowest BCUT2D eigenvalue weighted by Crippen LogP contribution is -2.31. The van der Waals surface area contributed by atoms with Gasteiger partial charge >= 0.3 is 5.97 Å². The van der Waals surface area contributed by atoms with Gasteiger partial charge in [-0.3, -0.25) is 9.59 Å². The van der Waals surface area contributed by atoms with Gasteiger partial charge in [-0.05, 0) is 25.2 Å². The maximum absolute atomic E-state index is 12.1. The molecule has 1 unspecified atom stereocenters. The van der Waals surface area contributed by atoms with E-state index in [1.165, 1.54) is 0 Å². The number of aryl methyl sites for hydroxylation is 1. The zero-order chi connectivity index (χ0) is 13.8. The normalized spacial score (nSPS) is 16.1. The second-order valence-corrected chi connectivity index (χ2v) is 4.96. The van der Waals surface area contributed by atoms with E-state index in [9.17, 15) is 9.59 Å². The highest BCUT2D eigenvalue weighted by atomic mass is 16.4. The number of rotatable bonds is 7. The summed E-state index contributed by atoms with van der Waals surface area (Å²) < 4.78 is 1.60. The molecule has 1 saturated carbocycles. The van der Waals surface area contributed by atoms with Crippen molar-refractivity contribution in [3.05, 3.63) is 22.7 Å². The average molecular weight is 265 g/mol. The second kappa shape index (κ2) is 5.86. The number of carboxylic acid groups (broad SMARTS) is 1. The summed E-state index contributed by atoms with van der Waals surface area (Å²) in [5, 5.41) is 11.9. The van der Waals surface area contributed by atoms with Crippen LogP contribution in [0.1, 0.15) is 32.6 Å². The Labute approximate surface area is 111 Å². The van der Waals surface area contributed by atoms with Crippen molar-refractivity contribution in [2.75, 3.05) is 5.32 Å². The zero-order valence-corrected chi connectivity index (χ0v) is 11.0. The van der Waals surface area contributed by atoms with Gasteiger partial charge < -0.3 is 15.0 Å². The molecule has 1 heterocycles. The highest BCUT2D eigenvalue weighted by Crippen LogP contribution is 2.35. The Balaban J connectivity index is 2.14. The van der Waals surface area contributed by atoms with E-state index in [-0.39, 0.29) is 23.8 Å². The first kappa shape index (κ1) is 13.6. The molecule has 0 amide bonds. The molecule has 0 aliphatic heterocycles. The van der Waals surface area contributed by atoms with Crippen LogP contribution in [0.25, 0.3) is 0 Å². The summed E-state index contributed by atoms with van der Waals surface area (Å²) in [6.45, 7) is 2.64. The molecule has 6 nitrogen and oxygen atoms in total. The van der Waals surface area contributed by atoms with Gasteiger partial charge in [0.05, 0.1) is 6.42 Å². The summed E-state index contributed by atoms with van der Waals surface area (Å²) in [4.78, 5) is 27.0. The van der Waals surface area contributed by atoms with Crippen molar-refractivity contribution < 1.29 is 9.90 Å². The number of nitrogens with zero attached hydrogens (tertiary/aromatic N) is 2. The van der Waals surface area contributed by atoms with Gasteiger partial charge in [-0.15, -0.1) is 0 Å². The number of aliphatic carboxylic acids is 1. The third kappa shape index (κ3) is 3.56. The summed E-state index contributed by atoms with van der Waals surface area (Å²) in [6, 6.07) is -0.199. The van der Waals surface area contributed by atoms with E-state index < -0.39 is 5.97 Å². The molecule has 1 aliphatic carbocycles. The molecule has 0 saturated heterocycles. The monoisotopic (exact) mass is 265 g/mol. The van der Waals surface area contributed by atoms with E-state index >= 15 is 0 Å². The van der Waals surface area contributed by atoms with E-state index in [1.807, 2.05) is 6.92 Å². The number of carbonyl (C=O) groups is 1. The highest BCUT2D eigenvalue weighted by molar-refractivity contribution is 5.68. The number of carboxylic acids is 1. The first-order chi connectivity index (χ1) is 9.11. The molecule has 104 valence electrons. The first-order valence-electron chi connectivity index (χ1n) is 6.65. The quantitative estimate of drug-likeness (QED) is 0.776. The maximum atomic E-state index is 12.1. The summed E-state index contributed by atoms with van der Waals surface area (Å²) in [5.74, 6) is -0.250. The minimum absolute atomic E-state index is 0.0223. The van der Waals surface area contributed by atoms with Gasteiger partial charge in [-0.2, -0.15) is 0 Å². The van der Waals surface area contributed by atoms with Crippen LogP contribution in [0, 0.1) is 5.92 Å². The van der Waals surface area contributed by atoms with Crippen molar-refractivity contribution in [3.63, 3.8) is 0 Å². The number of aromatic nitrogens is 2. The topological polar surface area (TPSA) is 84.2 Å². The fourth-order valence-electron chi connectivity index (χ4n) is 2.16. The fourth-order valence-corrected chi connectivity index (χ4v) is 2.16. The van der Waals surface area contributed by atoms with Gasteiger partial charge in [0.2, 0.25) is 0 Å². The van der Waals surface area contributed by atoms with E-state index in [2.05, 4.69) is 10.3 Å². The van der Waals surface area contributed by atoms with Crippen LogP contribution < -0.4 is 10.9 Å². The molecule has 1 aromatic heterocycles. The van der Waals surface area contributed by atoms with Crippen molar-refractivity contribution in [3.8, 4) is 0 Å². The van der Waals surface area contributed by atoms with Crippen molar-refractivity contribution in [1.82, 2.24) is 9.55 Å². The van der Waals surface area contributed by atoms with Crippen LogP contribution in [-0.2, 0) is 11.3 Å². The van der Waals surface area contributed by atoms with Gasteiger partial charge in [-0.25, -0.2) is 4.98 Å². The molecule has 1 aliphatic rings. The van der Waals surface area contributed by atoms with Crippen molar-refractivity contribution >= 4 is 11.8 Å². The molecular formula is C13H19N3O3. The summed E-state index contributed by atoms with van der Waals surface area (Å²) in [7, 11) is 0. The molecule has 6 heteroatoms. The van der Waals surface area contributed by atoms with Gasteiger partial charge in [0.15, 0.2) is 5.82 Å². The van der Waals surface area contributed by atoms with Crippen LogP contribution in [0.15, 0.2) is 17.2 Å². The predicted octanol–water partition coefficient (Wildman–Crippen LogP) is 1.32. The molecule has 0 spiro atoms. The van der Waals surface area contributed by atoms with E-state index in [4.69, 9.17) is 5.11 Å². The largest absolute Gasteiger partial charge is 0.481 e. The molecule has 0 radical (unpaired) electrons. The smallest absolute Gasteiger partial charge is 0.305 e. The molecule has 0 aromatic carbocycles. The van der Waals surface area contributed by atoms with Gasteiger partial charge in [0, 0.05) is 25.0 Å². The third-order valence-corrected chi connectivity index (χ3v) is 3.29. The molecule has 19 heavy (non-hydrogen) atoms. The van der Waals surface area contributed by atoms with Crippen LogP contribution in [0.2, 0.25) is 0 Å². The zero-order valence-electron chi connectivity index (χ0n) is 11.0. The lowest BCUT2D eigenvalue weighted by Gasteiger charge is -2.16. The van der Waals surface area contributed by atoms with Crippen LogP contribution in [0.4, 0.5) is 5.82 Å². The molecule has 1 aromatic rings. The minimum atomic E-state index is -0.853. The Morgan fingerprint density at radius 3 is 2.95 bits per heavy atom. The van der Waals surface area contributed by atoms with Crippen LogP contribution >= 0.6 is 0 Å². The minimum Gasteiger partial charge on any atom is -0.481 e. The SMILES string of the molecule is CCCn1ccnc(NC(CC(=O)O)C2CC2)c1=O. The lowest BCUT2D eigenvalue weighted by atomic mass is 10.1. The van der Waals surface area contributed by atoms with Crippen LogP contribution in [0.3, 0.4) is 0 Å². The Morgan fingerprint density at radius 2 is 2.37 bits per heavy atom. The summed E-state index contributed by atoms with van der Waals surface area (Å²) in [5.41, 5.74) is -0.180. The number of hydrogen-bond donors (Lipinski definition) is 2. The maximum Gasteiger partial charge on any atom is 0.305 e. The lowest BCUT2D eigenvalue weighted by molar-refractivity contribution is -0.137. The second-order valence-electron chi connectivity index (χ2n) is 4.96. The first-order valence-corrected chi connectivity index (χ1v) is 6.65. The van der Waals surface area contributed by atoms with Crippen LogP contribution in [-0.4, -0.2) is 26.7 Å². The predicted molar refractivity (Wildman–Crippen MR) is 71.2 cm³/mol. The third-order valence-electron chi connectivity index (χ3n) is 3.29. The van der Waals surface area contributed by atoms with Crippen molar-refractivity contribution in [2.45, 2.75) is 45.2 Å². The average Bonchev–Trinajstić information content (AvgIpc) is 3.17. The Bertz CT molecular complexity index is 508. The summed E-state index contributed by atoms with van der Waals surface area (Å²) in [6.07, 6.45) is 6.14. The molecule has 1 fully saturated rings. The summed E-state index contributed by atoms with van der Waals surface area (Å²) >= 11 is 0.